The van der Waals surface area contributed by atoms with Gasteiger partial charge < -0.3 is 9.84 Å². The molecule has 18 heavy (non-hydrogen) atoms. The molecule has 1 N–H and O–H groups in total. The van der Waals surface area contributed by atoms with Crippen molar-refractivity contribution in [3.05, 3.63) is 23.8 Å². The summed E-state index contributed by atoms with van der Waals surface area (Å²) in [4.78, 5) is 11.4. The van der Waals surface area contributed by atoms with Crippen LogP contribution < -0.4 is 0 Å². The van der Waals surface area contributed by atoms with Crippen molar-refractivity contribution in [3.63, 3.8) is 0 Å². The van der Waals surface area contributed by atoms with Crippen molar-refractivity contribution in [2.45, 2.75) is 45.3 Å². The molecule has 2 aliphatic carbocycles. The van der Waals surface area contributed by atoms with Gasteiger partial charge in [-0.15, -0.1) is 0 Å². The molecule has 1 aliphatic heterocycles. The first-order chi connectivity index (χ1) is 8.35. The summed E-state index contributed by atoms with van der Waals surface area (Å²) < 4.78 is 5.24. The average molecular weight is 248 g/mol. The van der Waals surface area contributed by atoms with Crippen molar-refractivity contribution in [3.8, 4) is 0 Å². The monoisotopic (exact) mass is 248 g/mol. The molecule has 0 unspecified atom stereocenters. The number of ether oxygens (including phenoxy) is 1. The summed E-state index contributed by atoms with van der Waals surface area (Å²) in [5.41, 5.74) is 2.12. The van der Waals surface area contributed by atoms with Crippen LogP contribution in [0.1, 0.15) is 39.5 Å². The standard InChI is InChI=1S/C15H20O3/c1-9-6-12-8-14(3,10(9)2)5-4-11-7-13(16)18-15(11,12)17/h7,9,12,17H,2,4-6,8H2,1,3H3/t9-,12-,14-,15-/m0/s1. The lowest BCUT2D eigenvalue weighted by molar-refractivity contribution is -0.206. The highest BCUT2D eigenvalue weighted by molar-refractivity contribution is 5.86. The topological polar surface area (TPSA) is 46.5 Å². The fourth-order valence-electron chi connectivity index (χ4n) is 3.98. The van der Waals surface area contributed by atoms with Gasteiger partial charge in [-0.2, -0.15) is 0 Å². The number of carbonyl (C=O) groups excluding carboxylic acids is 1. The Morgan fingerprint density at radius 2 is 2.28 bits per heavy atom. The number of carbonyl (C=O) groups is 1. The van der Waals surface area contributed by atoms with Crippen LogP contribution >= 0.6 is 0 Å². The second kappa shape index (κ2) is 3.47. The zero-order chi connectivity index (χ0) is 13.1. The van der Waals surface area contributed by atoms with Gasteiger partial charge in [0.25, 0.3) is 0 Å². The largest absolute Gasteiger partial charge is 0.426 e. The van der Waals surface area contributed by atoms with E-state index in [9.17, 15) is 9.90 Å². The second-order valence-electron chi connectivity index (χ2n) is 6.41. The van der Waals surface area contributed by atoms with Crippen LogP contribution in [0.15, 0.2) is 23.8 Å². The van der Waals surface area contributed by atoms with Crippen LogP contribution in [-0.4, -0.2) is 16.9 Å². The van der Waals surface area contributed by atoms with Gasteiger partial charge in [0, 0.05) is 17.6 Å². The van der Waals surface area contributed by atoms with E-state index < -0.39 is 11.8 Å². The lowest BCUT2D eigenvalue weighted by atomic mass is 9.62. The summed E-state index contributed by atoms with van der Waals surface area (Å²) in [5, 5.41) is 10.8. The minimum atomic E-state index is -1.34. The molecular weight excluding hydrogens is 228 g/mol. The maximum atomic E-state index is 11.4. The van der Waals surface area contributed by atoms with Crippen LogP contribution in [0.25, 0.3) is 0 Å². The highest BCUT2D eigenvalue weighted by Crippen LogP contribution is 2.57. The Morgan fingerprint density at radius 1 is 1.56 bits per heavy atom. The van der Waals surface area contributed by atoms with Gasteiger partial charge >= 0.3 is 5.97 Å². The minimum Gasteiger partial charge on any atom is -0.426 e. The number of fused-ring (bicyclic) bond motifs is 4. The van der Waals surface area contributed by atoms with Gasteiger partial charge in [-0.05, 0) is 37.0 Å². The summed E-state index contributed by atoms with van der Waals surface area (Å²) in [6.07, 6.45) is 4.85. The van der Waals surface area contributed by atoms with Crippen LogP contribution in [0.5, 0.6) is 0 Å². The molecule has 0 amide bonds. The molecule has 3 aliphatic rings. The van der Waals surface area contributed by atoms with Gasteiger partial charge in [-0.1, -0.05) is 26.0 Å². The first-order valence-corrected chi connectivity index (χ1v) is 6.71. The molecule has 0 saturated heterocycles. The molecule has 0 aromatic carbocycles. The van der Waals surface area contributed by atoms with E-state index in [4.69, 9.17) is 4.74 Å². The van der Waals surface area contributed by atoms with Gasteiger partial charge in [-0.3, -0.25) is 0 Å². The van der Waals surface area contributed by atoms with Gasteiger partial charge in [-0.25, -0.2) is 4.79 Å². The van der Waals surface area contributed by atoms with E-state index >= 15 is 0 Å². The molecule has 98 valence electrons. The third-order valence-electron chi connectivity index (χ3n) is 5.21. The smallest absolute Gasteiger partial charge is 0.333 e. The van der Waals surface area contributed by atoms with Crippen molar-refractivity contribution in [1.29, 1.82) is 0 Å². The van der Waals surface area contributed by atoms with Crippen LogP contribution in [-0.2, 0) is 9.53 Å². The van der Waals surface area contributed by atoms with Gasteiger partial charge in [0.15, 0.2) is 0 Å². The first-order valence-electron chi connectivity index (χ1n) is 6.71. The van der Waals surface area contributed by atoms with Crippen molar-refractivity contribution >= 4 is 5.97 Å². The Bertz CT molecular complexity index is 464. The van der Waals surface area contributed by atoms with Gasteiger partial charge in [0.2, 0.25) is 5.79 Å². The van der Waals surface area contributed by atoms with E-state index in [0.717, 1.165) is 31.3 Å². The summed E-state index contributed by atoms with van der Waals surface area (Å²) in [5.74, 6) is -1.36. The molecular formula is C15H20O3. The Labute approximate surface area is 108 Å². The van der Waals surface area contributed by atoms with E-state index in [-0.39, 0.29) is 11.3 Å². The maximum absolute atomic E-state index is 11.4. The van der Waals surface area contributed by atoms with Crippen LogP contribution in [0.2, 0.25) is 0 Å². The normalized spacial score (nSPS) is 47.2. The first kappa shape index (κ1) is 12.0. The van der Waals surface area contributed by atoms with E-state index in [0.29, 0.717) is 5.92 Å². The molecule has 2 bridgehead atoms. The summed E-state index contributed by atoms with van der Waals surface area (Å²) >= 11 is 0. The van der Waals surface area contributed by atoms with E-state index in [1.54, 1.807) is 0 Å². The average Bonchev–Trinajstić information content (AvgIpc) is 2.55. The second-order valence-corrected chi connectivity index (χ2v) is 6.41. The number of hydrogen-bond donors (Lipinski definition) is 1. The van der Waals surface area contributed by atoms with Crippen LogP contribution in [0.4, 0.5) is 0 Å². The van der Waals surface area contributed by atoms with Crippen LogP contribution in [0.3, 0.4) is 0 Å². The predicted octanol–water partition coefficient (Wildman–Crippen LogP) is 2.56. The zero-order valence-corrected chi connectivity index (χ0v) is 11.0. The van der Waals surface area contributed by atoms with E-state index in [1.807, 2.05) is 0 Å². The molecule has 0 radical (unpaired) electrons. The van der Waals surface area contributed by atoms with E-state index in [2.05, 4.69) is 20.4 Å². The molecule has 2 saturated carbocycles. The Balaban J connectivity index is 2.05. The fraction of sp³-hybridized carbons (Fsp3) is 0.667. The predicted molar refractivity (Wildman–Crippen MR) is 67.5 cm³/mol. The SMILES string of the molecule is C=C1[C@@H](C)C[C@H]2C[C@]1(C)CCC1=CC(=O)O[C@@]12O. The lowest BCUT2D eigenvalue weighted by Gasteiger charge is -2.44. The summed E-state index contributed by atoms with van der Waals surface area (Å²) in [6.45, 7) is 8.63. The van der Waals surface area contributed by atoms with Crippen LogP contribution in [0, 0.1) is 17.3 Å². The molecule has 3 rings (SSSR count). The molecule has 0 aromatic heterocycles. The Morgan fingerprint density at radius 3 is 3.00 bits per heavy atom. The zero-order valence-electron chi connectivity index (χ0n) is 11.0. The van der Waals surface area contributed by atoms with Crippen molar-refractivity contribution in [2.75, 3.05) is 0 Å². The molecule has 2 fully saturated rings. The van der Waals surface area contributed by atoms with Gasteiger partial charge in [0.1, 0.15) is 0 Å². The third-order valence-corrected chi connectivity index (χ3v) is 5.21. The third kappa shape index (κ3) is 1.43. The molecule has 4 atom stereocenters. The number of hydrogen-bond acceptors (Lipinski definition) is 3. The minimum absolute atomic E-state index is 0.00296. The Hall–Kier alpha value is -1.09. The Kier molecular flexibility index (Phi) is 2.31. The molecule has 3 nitrogen and oxygen atoms in total. The van der Waals surface area contributed by atoms with Crippen molar-refractivity contribution in [2.24, 2.45) is 17.3 Å². The molecule has 0 spiro atoms. The fourth-order valence-corrected chi connectivity index (χ4v) is 3.98. The van der Waals surface area contributed by atoms with Crippen molar-refractivity contribution in [1.82, 2.24) is 0 Å². The quantitative estimate of drug-likeness (QED) is 0.529. The number of aliphatic hydroxyl groups is 1. The lowest BCUT2D eigenvalue weighted by Crippen LogP contribution is -2.44. The molecule has 3 heteroatoms. The summed E-state index contributed by atoms with van der Waals surface area (Å²) in [6, 6.07) is 0. The molecule has 1 heterocycles. The number of allylic oxidation sites excluding steroid dienone is 1. The van der Waals surface area contributed by atoms with Crippen molar-refractivity contribution < 1.29 is 14.6 Å². The highest BCUT2D eigenvalue weighted by atomic mass is 16.7. The van der Waals surface area contributed by atoms with E-state index in [1.165, 1.54) is 11.6 Å². The summed E-state index contributed by atoms with van der Waals surface area (Å²) in [7, 11) is 0. The number of rotatable bonds is 0. The maximum Gasteiger partial charge on any atom is 0.333 e. The number of esters is 1. The molecule has 0 aromatic rings. The van der Waals surface area contributed by atoms with Gasteiger partial charge in [0.05, 0.1) is 0 Å². The highest BCUT2D eigenvalue weighted by Gasteiger charge is 2.55.